The lowest BCUT2D eigenvalue weighted by atomic mass is 10.0. The first-order valence-corrected chi connectivity index (χ1v) is 10.3. The van der Waals surface area contributed by atoms with Gasteiger partial charge in [0.1, 0.15) is 5.82 Å². The molecule has 0 aromatic heterocycles. The molecule has 1 aromatic rings. The third kappa shape index (κ3) is 5.50. The first-order valence-electron chi connectivity index (χ1n) is 10.3. The van der Waals surface area contributed by atoms with Crippen LogP contribution < -0.4 is 11.1 Å². The maximum Gasteiger partial charge on any atom is 0.224 e. The molecular formula is C21H28F3N3O2. The lowest BCUT2D eigenvalue weighted by molar-refractivity contribution is -0.133. The number of benzene rings is 1. The highest BCUT2D eigenvalue weighted by Crippen LogP contribution is 2.25. The monoisotopic (exact) mass is 411 g/mol. The Morgan fingerprint density at radius 2 is 1.76 bits per heavy atom. The molecule has 5 nitrogen and oxygen atoms in total. The molecule has 2 fully saturated rings. The summed E-state index contributed by atoms with van der Waals surface area (Å²) >= 11 is 0. The Kier molecular flexibility index (Phi) is 7.16. The molecule has 1 aliphatic heterocycles. The van der Waals surface area contributed by atoms with Crippen molar-refractivity contribution in [3.8, 4) is 0 Å². The van der Waals surface area contributed by atoms with Crippen molar-refractivity contribution in [1.82, 2.24) is 10.2 Å². The minimum atomic E-state index is -1.25. The molecule has 29 heavy (non-hydrogen) atoms. The summed E-state index contributed by atoms with van der Waals surface area (Å²) in [6.45, 7) is 1.02. The van der Waals surface area contributed by atoms with Gasteiger partial charge in [0, 0.05) is 43.6 Å². The van der Waals surface area contributed by atoms with Crippen molar-refractivity contribution in [3.05, 3.63) is 35.1 Å². The van der Waals surface area contributed by atoms with Gasteiger partial charge < -0.3 is 16.0 Å². The fraction of sp³-hybridized carbons (Fsp3) is 0.619. The summed E-state index contributed by atoms with van der Waals surface area (Å²) in [5, 5.41) is 2.97. The van der Waals surface area contributed by atoms with Crippen LogP contribution in [0.15, 0.2) is 12.1 Å². The van der Waals surface area contributed by atoms with E-state index >= 15 is 0 Å². The molecule has 160 valence electrons. The van der Waals surface area contributed by atoms with Gasteiger partial charge in [0.2, 0.25) is 11.8 Å². The summed E-state index contributed by atoms with van der Waals surface area (Å²) in [7, 11) is 0. The van der Waals surface area contributed by atoms with Gasteiger partial charge >= 0.3 is 0 Å². The average Bonchev–Trinajstić information content (AvgIpc) is 3.35. The van der Waals surface area contributed by atoms with Crippen LogP contribution in [-0.4, -0.2) is 41.9 Å². The van der Waals surface area contributed by atoms with E-state index in [1.165, 1.54) is 0 Å². The zero-order valence-electron chi connectivity index (χ0n) is 16.4. The van der Waals surface area contributed by atoms with Gasteiger partial charge in [-0.3, -0.25) is 9.59 Å². The Bertz CT molecular complexity index is 753. The number of likely N-dealkylation sites (tertiary alicyclic amines) is 1. The van der Waals surface area contributed by atoms with Gasteiger partial charge in [-0.2, -0.15) is 0 Å². The Hall–Kier alpha value is -2.09. The molecule has 1 aliphatic carbocycles. The number of nitrogens with zero attached hydrogens (tertiary/aromatic N) is 1. The number of carbonyl (C=O) groups excluding carboxylic acids is 2. The van der Waals surface area contributed by atoms with Crippen molar-refractivity contribution in [2.45, 2.75) is 63.5 Å². The summed E-state index contributed by atoms with van der Waals surface area (Å²) < 4.78 is 40.2. The van der Waals surface area contributed by atoms with Crippen LogP contribution in [0.4, 0.5) is 13.2 Å². The van der Waals surface area contributed by atoms with Crippen LogP contribution in [0, 0.1) is 23.4 Å². The highest BCUT2D eigenvalue weighted by Gasteiger charge is 2.31. The van der Waals surface area contributed by atoms with Crippen molar-refractivity contribution in [1.29, 1.82) is 0 Å². The topological polar surface area (TPSA) is 75.4 Å². The maximum atomic E-state index is 13.8. The SMILES string of the molecule is N[C@@H](CC(=O)N1CCCC1CNC(=O)C1CCCC1)Cc1cc(F)c(F)cc1F. The zero-order chi connectivity index (χ0) is 21.0. The molecule has 3 rings (SSSR count). The van der Waals surface area contributed by atoms with E-state index in [1.54, 1.807) is 4.90 Å². The average molecular weight is 411 g/mol. The summed E-state index contributed by atoms with van der Waals surface area (Å²) in [4.78, 5) is 26.6. The van der Waals surface area contributed by atoms with Gasteiger partial charge in [-0.05, 0) is 43.7 Å². The summed E-state index contributed by atoms with van der Waals surface area (Å²) in [5.74, 6) is -3.29. The van der Waals surface area contributed by atoms with Crippen LogP contribution >= 0.6 is 0 Å². The van der Waals surface area contributed by atoms with Gasteiger partial charge in [0.25, 0.3) is 0 Å². The van der Waals surface area contributed by atoms with Gasteiger partial charge in [-0.25, -0.2) is 13.2 Å². The van der Waals surface area contributed by atoms with Crippen LogP contribution in [0.5, 0.6) is 0 Å². The Morgan fingerprint density at radius 3 is 2.48 bits per heavy atom. The zero-order valence-corrected chi connectivity index (χ0v) is 16.4. The summed E-state index contributed by atoms with van der Waals surface area (Å²) in [5.41, 5.74) is 5.93. The standard InChI is InChI=1S/C21H28F3N3O2/c22-17-11-19(24)18(23)9-14(17)8-15(25)10-20(28)27-7-3-6-16(27)12-26-21(29)13-4-1-2-5-13/h9,11,13,15-16H,1-8,10,12,25H2,(H,26,29)/t15-,16?/m1/s1. The van der Waals surface area contributed by atoms with Crippen molar-refractivity contribution in [2.75, 3.05) is 13.1 Å². The minimum absolute atomic E-state index is 0.0223. The van der Waals surface area contributed by atoms with Gasteiger partial charge in [-0.1, -0.05) is 12.8 Å². The van der Waals surface area contributed by atoms with E-state index < -0.39 is 23.5 Å². The van der Waals surface area contributed by atoms with E-state index in [0.717, 1.165) is 44.6 Å². The smallest absolute Gasteiger partial charge is 0.224 e. The van der Waals surface area contributed by atoms with E-state index in [4.69, 9.17) is 5.73 Å². The molecule has 8 heteroatoms. The predicted octanol–water partition coefficient (Wildman–Crippen LogP) is 2.66. The number of amides is 2. The largest absolute Gasteiger partial charge is 0.354 e. The molecular weight excluding hydrogens is 383 g/mol. The molecule has 1 aromatic carbocycles. The quantitative estimate of drug-likeness (QED) is 0.678. The number of hydrogen-bond acceptors (Lipinski definition) is 3. The Balaban J connectivity index is 1.50. The second-order valence-corrected chi connectivity index (χ2v) is 8.14. The fourth-order valence-electron chi connectivity index (χ4n) is 4.34. The fourth-order valence-corrected chi connectivity index (χ4v) is 4.34. The van der Waals surface area contributed by atoms with Crippen LogP contribution in [0.3, 0.4) is 0 Å². The summed E-state index contributed by atoms with van der Waals surface area (Å²) in [6.07, 6.45) is 5.60. The third-order valence-electron chi connectivity index (χ3n) is 5.94. The van der Waals surface area contributed by atoms with Crippen LogP contribution in [0.25, 0.3) is 0 Å². The van der Waals surface area contributed by atoms with Gasteiger partial charge in [0.15, 0.2) is 11.6 Å². The Labute approximate surface area is 168 Å². The summed E-state index contributed by atoms with van der Waals surface area (Å²) in [6, 6.07) is 0.492. The number of halogens is 3. The lowest BCUT2D eigenvalue weighted by Gasteiger charge is -2.27. The lowest BCUT2D eigenvalue weighted by Crippen LogP contribution is -2.45. The highest BCUT2D eigenvalue weighted by molar-refractivity contribution is 5.79. The molecule has 1 unspecified atom stereocenters. The molecule has 1 saturated carbocycles. The normalized spacial score (nSPS) is 20.8. The van der Waals surface area contributed by atoms with Crippen molar-refractivity contribution in [3.63, 3.8) is 0 Å². The minimum Gasteiger partial charge on any atom is -0.354 e. The molecule has 0 radical (unpaired) electrons. The van der Waals surface area contributed by atoms with Crippen molar-refractivity contribution in [2.24, 2.45) is 11.7 Å². The van der Waals surface area contributed by atoms with Crippen LogP contribution in [0.2, 0.25) is 0 Å². The molecule has 0 bridgehead atoms. The number of nitrogens with two attached hydrogens (primary N) is 1. The van der Waals surface area contributed by atoms with E-state index in [2.05, 4.69) is 5.32 Å². The van der Waals surface area contributed by atoms with Crippen molar-refractivity contribution >= 4 is 11.8 Å². The van der Waals surface area contributed by atoms with Crippen molar-refractivity contribution < 1.29 is 22.8 Å². The van der Waals surface area contributed by atoms with E-state index in [1.807, 2.05) is 0 Å². The van der Waals surface area contributed by atoms with E-state index in [0.29, 0.717) is 19.2 Å². The molecule has 1 saturated heterocycles. The number of carbonyl (C=O) groups is 2. The second kappa shape index (κ2) is 9.61. The molecule has 3 N–H and O–H groups in total. The van der Waals surface area contributed by atoms with Gasteiger partial charge in [-0.15, -0.1) is 0 Å². The first-order chi connectivity index (χ1) is 13.8. The maximum absolute atomic E-state index is 13.8. The van der Waals surface area contributed by atoms with Gasteiger partial charge in [0.05, 0.1) is 0 Å². The molecule has 2 aliphatic rings. The molecule has 0 spiro atoms. The van der Waals surface area contributed by atoms with E-state index in [-0.39, 0.29) is 42.2 Å². The van der Waals surface area contributed by atoms with E-state index in [9.17, 15) is 22.8 Å². The molecule has 2 atom stereocenters. The predicted molar refractivity (Wildman–Crippen MR) is 102 cm³/mol. The second-order valence-electron chi connectivity index (χ2n) is 8.14. The molecule has 1 heterocycles. The number of hydrogen-bond donors (Lipinski definition) is 2. The highest BCUT2D eigenvalue weighted by atomic mass is 19.2. The van der Waals surface area contributed by atoms with Crippen LogP contribution in [0.1, 0.15) is 50.5 Å². The molecule has 2 amide bonds. The van der Waals surface area contributed by atoms with Crippen LogP contribution in [-0.2, 0) is 16.0 Å². The first kappa shape index (κ1) is 21.6. The Morgan fingerprint density at radius 1 is 1.07 bits per heavy atom. The number of nitrogens with one attached hydrogen (secondary N) is 1. The third-order valence-corrected chi connectivity index (χ3v) is 5.94. The number of rotatable bonds is 7.